The molecule has 0 fully saturated rings. The molecule has 0 aliphatic rings. The van der Waals surface area contributed by atoms with Gasteiger partial charge in [-0.2, -0.15) is 4.98 Å². The second-order valence-corrected chi connectivity index (χ2v) is 7.56. The van der Waals surface area contributed by atoms with E-state index in [1.54, 1.807) is 31.9 Å². The fourth-order valence-corrected chi connectivity index (χ4v) is 3.37. The summed E-state index contributed by atoms with van der Waals surface area (Å²) in [7, 11) is 1.64. The van der Waals surface area contributed by atoms with Crippen molar-refractivity contribution >= 4 is 0 Å². The van der Waals surface area contributed by atoms with Gasteiger partial charge in [0.1, 0.15) is 11.4 Å². The van der Waals surface area contributed by atoms with Crippen LogP contribution in [0.2, 0.25) is 0 Å². The van der Waals surface area contributed by atoms with E-state index in [4.69, 9.17) is 9.26 Å². The van der Waals surface area contributed by atoms with Crippen molar-refractivity contribution in [1.29, 1.82) is 0 Å². The molecule has 7 heteroatoms. The van der Waals surface area contributed by atoms with Gasteiger partial charge in [0.2, 0.25) is 0 Å². The average Bonchev–Trinajstić information content (AvgIpc) is 3.30. The van der Waals surface area contributed by atoms with Crippen LogP contribution in [-0.4, -0.2) is 32.2 Å². The maximum absolute atomic E-state index is 5.50. The molecule has 3 heterocycles. The van der Waals surface area contributed by atoms with Crippen molar-refractivity contribution < 1.29 is 9.26 Å². The van der Waals surface area contributed by atoms with Crippen molar-refractivity contribution in [3.63, 3.8) is 0 Å². The zero-order valence-corrected chi connectivity index (χ0v) is 17.4. The van der Waals surface area contributed by atoms with Crippen molar-refractivity contribution in [3.8, 4) is 28.5 Å². The summed E-state index contributed by atoms with van der Waals surface area (Å²) in [5.41, 5.74) is 3.28. The third kappa shape index (κ3) is 3.54. The van der Waals surface area contributed by atoms with Gasteiger partial charge in [-0.15, -0.1) is 0 Å². The van der Waals surface area contributed by atoms with Crippen LogP contribution in [0.3, 0.4) is 0 Å². The summed E-state index contributed by atoms with van der Waals surface area (Å²) in [5.74, 6) is 1.94. The SMILES string of the molecule is COc1cncc(-c2ccc(C(C)(c3noc(-c4cnccn4)n3)C(C)C)cc2)c1. The Labute approximate surface area is 175 Å². The van der Waals surface area contributed by atoms with Crippen molar-refractivity contribution in [2.75, 3.05) is 7.11 Å². The van der Waals surface area contributed by atoms with Crippen LogP contribution in [0.5, 0.6) is 5.75 Å². The summed E-state index contributed by atoms with van der Waals surface area (Å²) in [6.45, 7) is 6.43. The van der Waals surface area contributed by atoms with Gasteiger partial charge in [0.25, 0.3) is 5.89 Å². The number of ether oxygens (including phenoxy) is 1. The standard InChI is InChI=1S/C23H23N5O2/c1-15(2)23(3,22-27-21(30-28-22)20-14-24-9-10-26-20)18-7-5-16(6-8-18)17-11-19(29-4)13-25-12-17/h5-15H,1-4H3. The van der Waals surface area contributed by atoms with Gasteiger partial charge in [-0.3, -0.25) is 9.97 Å². The summed E-state index contributed by atoms with van der Waals surface area (Å²) in [6.07, 6.45) is 8.34. The number of hydrogen-bond acceptors (Lipinski definition) is 7. The van der Waals surface area contributed by atoms with E-state index in [2.05, 4.69) is 70.1 Å². The molecule has 152 valence electrons. The molecule has 0 radical (unpaired) electrons. The lowest BCUT2D eigenvalue weighted by atomic mass is 9.72. The van der Waals surface area contributed by atoms with Crippen LogP contribution in [0.1, 0.15) is 32.2 Å². The molecule has 1 aromatic carbocycles. The van der Waals surface area contributed by atoms with Gasteiger partial charge in [-0.1, -0.05) is 43.3 Å². The van der Waals surface area contributed by atoms with E-state index in [0.717, 1.165) is 22.4 Å². The molecule has 0 saturated carbocycles. The molecule has 3 aromatic heterocycles. The largest absolute Gasteiger partial charge is 0.495 e. The Morgan fingerprint density at radius 3 is 2.43 bits per heavy atom. The normalized spacial score (nSPS) is 13.2. The fraction of sp³-hybridized carbons (Fsp3) is 0.261. The summed E-state index contributed by atoms with van der Waals surface area (Å²) in [6, 6.07) is 10.3. The van der Waals surface area contributed by atoms with Gasteiger partial charge in [0.15, 0.2) is 5.82 Å². The lowest BCUT2D eigenvalue weighted by Gasteiger charge is -2.31. The van der Waals surface area contributed by atoms with Crippen molar-refractivity contribution in [3.05, 3.63) is 72.7 Å². The van der Waals surface area contributed by atoms with Crippen LogP contribution >= 0.6 is 0 Å². The van der Waals surface area contributed by atoms with Crippen LogP contribution in [0.4, 0.5) is 0 Å². The first-order chi connectivity index (χ1) is 14.5. The van der Waals surface area contributed by atoms with Crippen LogP contribution in [0.25, 0.3) is 22.7 Å². The zero-order chi connectivity index (χ0) is 21.1. The van der Waals surface area contributed by atoms with Crippen LogP contribution in [-0.2, 0) is 5.41 Å². The lowest BCUT2D eigenvalue weighted by Crippen LogP contribution is -2.31. The average molecular weight is 401 g/mol. The number of benzene rings is 1. The highest BCUT2D eigenvalue weighted by atomic mass is 16.5. The second kappa shape index (κ2) is 8.02. The van der Waals surface area contributed by atoms with Crippen molar-refractivity contribution in [1.82, 2.24) is 25.1 Å². The zero-order valence-electron chi connectivity index (χ0n) is 17.4. The highest BCUT2D eigenvalue weighted by Crippen LogP contribution is 2.38. The Bertz CT molecular complexity index is 1130. The first kappa shape index (κ1) is 19.7. The lowest BCUT2D eigenvalue weighted by molar-refractivity contribution is 0.350. The Hall–Kier alpha value is -3.61. The second-order valence-electron chi connectivity index (χ2n) is 7.56. The number of hydrogen-bond donors (Lipinski definition) is 0. The summed E-state index contributed by atoms with van der Waals surface area (Å²) in [5, 5.41) is 4.29. The maximum atomic E-state index is 5.50. The van der Waals surface area contributed by atoms with Gasteiger partial charge in [0, 0.05) is 24.2 Å². The van der Waals surface area contributed by atoms with E-state index in [9.17, 15) is 0 Å². The van der Waals surface area contributed by atoms with Crippen LogP contribution < -0.4 is 4.74 Å². The maximum Gasteiger partial charge on any atom is 0.278 e. The van der Waals surface area contributed by atoms with Gasteiger partial charge < -0.3 is 9.26 Å². The van der Waals surface area contributed by atoms with Gasteiger partial charge >= 0.3 is 0 Å². The van der Waals surface area contributed by atoms with Crippen LogP contribution in [0.15, 0.2) is 65.8 Å². The van der Waals surface area contributed by atoms with Gasteiger partial charge in [0.05, 0.1) is 24.9 Å². The van der Waals surface area contributed by atoms with Gasteiger partial charge in [-0.05, 0) is 30.0 Å². The van der Waals surface area contributed by atoms with E-state index in [-0.39, 0.29) is 5.92 Å². The third-order valence-electron chi connectivity index (χ3n) is 5.59. The molecule has 0 spiro atoms. The minimum absolute atomic E-state index is 0.231. The minimum atomic E-state index is -0.435. The highest BCUT2D eigenvalue weighted by Gasteiger charge is 2.37. The van der Waals surface area contributed by atoms with Crippen molar-refractivity contribution in [2.24, 2.45) is 5.92 Å². The highest BCUT2D eigenvalue weighted by molar-refractivity contribution is 5.64. The number of pyridine rings is 1. The first-order valence-electron chi connectivity index (χ1n) is 9.73. The molecule has 4 rings (SSSR count). The Morgan fingerprint density at radius 2 is 1.77 bits per heavy atom. The number of nitrogens with zero attached hydrogens (tertiary/aromatic N) is 5. The molecule has 0 amide bonds. The first-order valence-corrected chi connectivity index (χ1v) is 9.73. The molecule has 0 saturated heterocycles. The Balaban J connectivity index is 1.70. The Morgan fingerprint density at radius 1 is 0.967 bits per heavy atom. The monoisotopic (exact) mass is 401 g/mol. The molecular formula is C23H23N5O2. The predicted octanol–water partition coefficient (Wildman–Crippen LogP) is 4.56. The van der Waals surface area contributed by atoms with Crippen molar-refractivity contribution in [2.45, 2.75) is 26.2 Å². The molecule has 0 aliphatic heterocycles. The summed E-state index contributed by atoms with van der Waals surface area (Å²) >= 11 is 0. The third-order valence-corrected chi connectivity index (χ3v) is 5.59. The smallest absolute Gasteiger partial charge is 0.278 e. The summed E-state index contributed by atoms with van der Waals surface area (Å²) in [4.78, 5) is 17.2. The molecule has 7 nitrogen and oxygen atoms in total. The molecule has 1 unspecified atom stereocenters. The van der Waals surface area contributed by atoms with Gasteiger partial charge in [-0.25, -0.2) is 4.98 Å². The number of methoxy groups -OCH3 is 1. The topological polar surface area (TPSA) is 86.8 Å². The van der Waals surface area contributed by atoms with E-state index in [1.807, 2.05) is 12.3 Å². The number of rotatable bonds is 6. The minimum Gasteiger partial charge on any atom is -0.495 e. The Kier molecular flexibility index (Phi) is 5.27. The quantitative estimate of drug-likeness (QED) is 0.468. The van der Waals surface area contributed by atoms with E-state index < -0.39 is 5.41 Å². The molecule has 4 aromatic rings. The predicted molar refractivity (Wildman–Crippen MR) is 113 cm³/mol. The molecular weight excluding hydrogens is 378 g/mol. The van der Waals surface area contributed by atoms with E-state index in [0.29, 0.717) is 17.4 Å². The molecule has 0 N–H and O–H groups in total. The molecule has 0 aliphatic carbocycles. The molecule has 0 bridgehead atoms. The number of aromatic nitrogens is 5. The molecule has 30 heavy (non-hydrogen) atoms. The van der Waals surface area contributed by atoms with Crippen LogP contribution in [0, 0.1) is 5.92 Å². The van der Waals surface area contributed by atoms with E-state index >= 15 is 0 Å². The molecule has 1 atom stereocenters. The van der Waals surface area contributed by atoms with E-state index in [1.165, 1.54) is 0 Å². The fourth-order valence-electron chi connectivity index (χ4n) is 3.37. The summed E-state index contributed by atoms with van der Waals surface area (Å²) < 4.78 is 10.8.